The minimum atomic E-state index is -0.292. The number of benzene rings is 3. The summed E-state index contributed by atoms with van der Waals surface area (Å²) in [6, 6.07) is 26.8. The zero-order chi connectivity index (χ0) is 34.1. The quantitative estimate of drug-likeness (QED) is 0.265. The van der Waals surface area contributed by atoms with Crippen LogP contribution in [0.4, 0.5) is 11.4 Å². The van der Waals surface area contributed by atoms with Crippen molar-refractivity contribution in [3.63, 3.8) is 0 Å². The third-order valence-corrected chi connectivity index (χ3v) is 9.89. The number of hydrogen-bond acceptors (Lipinski definition) is 7. The molecule has 0 saturated carbocycles. The van der Waals surface area contributed by atoms with E-state index in [1.165, 1.54) is 0 Å². The van der Waals surface area contributed by atoms with Crippen LogP contribution >= 0.6 is 0 Å². The Balaban J connectivity index is 0.936. The van der Waals surface area contributed by atoms with Crippen LogP contribution in [0, 0.1) is 0 Å². The van der Waals surface area contributed by atoms with Gasteiger partial charge < -0.3 is 34.5 Å². The Hall–Kier alpha value is -4.97. The Morgan fingerprint density at radius 2 is 1.51 bits per heavy atom. The number of carbonyl (C=O) groups excluding carboxylic acids is 3. The second-order valence-corrected chi connectivity index (χ2v) is 13.2. The van der Waals surface area contributed by atoms with Crippen LogP contribution in [0.5, 0.6) is 0 Å². The maximum Gasteiger partial charge on any atom is 0.268 e. The van der Waals surface area contributed by atoms with Crippen LogP contribution < -0.4 is 15.5 Å². The molecule has 3 aliphatic rings. The molecule has 0 aliphatic carbocycles. The number of ether oxygens (including phenoxy) is 2. The van der Waals surface area contributed by atoms with Crippen molar-refractivity contribution in [3.05, 3.63) is 119 Å². The molecule has 1 aromatic heterocycles. The standard InChI is InChI=1S/C38H42N6O5/c1-41(2)37(47)29-8-4-27(5-9-29)21-43-18-19-44-33(16-17-34(44)38(43)24-49-25-38)36(46)39-20-26-6-12-30(13-7-26)40-35(45)28-10-14-31(15-11-28)42-22-32(23-42)48-3/h4-17,32H,18-25H2,1-3H3,(H,39,46)(H,40,45). The van der Waals surface area contributed by atoms with E-state index in [0.29, 0.717) is 48.8 Å². The van der Waals surface area contributed by atoms with Gasteiger partial charge in [-0.2, -0.15) is 0 Å². The molecule has 11 nitrogen and oxygen atoms in total. The van der Waals surface area contributed by atoms with E-state index in [2.05, 4.69) is 31.1 Å². The molecule has 254 valence electrons. The van der Waals surface area contributed by atoms with Crippen molar-refractivity contribution >= 4 is 29.1 Å². The van der Waals surface area contributed by atoms with E-state index in [1.54, 1.807) is 26.1 Å². The van der Waals surface area contributed by atoms with Gasteiger partial charge >= 0.3 is 0 Å². The molecule has 3 amide bonds. The number of nitrogens with zero attached hydrogens (tertiary/aromatic N) is 4. The van der Waals surface area contributed by atoms with E-state index in [4.69, 9.17) is 9.47 Å². The van der Waals surface area contributed by atoms with Crippen molar-refractivity contribution < 1.29 is 23.9 Å². The molecule has 2 N–H and O–H groups in total. The van der Waals surface area contributed by atoms with Gasteiger partial charge in [0.15, 0.2) is 0 Å². The van der Waals surface area contributed by atoms with Crippen LogP contribution in [-0.4, -0.2) is 92.2 Å². The Morgan fingerprint density at radius 3 is 2.14 bits per heavy atom. The van der Waals surface area contributed by atoms with Crippen LogP contribution in [0.1, 0.15) is 48.0 Å². The Morgan fingerprint density at radius 1 is 0.837 bits per heavy atom. The summed E-state index contributed by atoms with van der Waals surface area (Å²) in [4.78, 5) is 44.8. The van der Waals surface area contributed by atoms with Gasteiger partial charge in [0.1, 0.15) is 11.2 Å². The van der Waals surface area contributed by atoms with Crippen molar-refractivity contribution in [2.75, 3.05) is 64.3 Å². The number of hydrogen-bond donors (Lipinski definition) is 2. The summed E-state index contributed by atoms with van der Waals surface area (Å²) in [5.74, 6) is -0.320. The van der Waals surface area contributed by atoms with Crippen molar-refractivity contribution in [2.45, 2.75) is 31.3 Å². The zero-order valence-corrected chi connectivity index (χ0v) is 28.1. The molecule has 0 atom stereocenters. The number of anilines is 2. The fourth-order valence-corrected chi connectivity index (χ4v) is 6.80. The highest BCUT2D eigenvalue weighted by Crippen LogP contribution is 2.41. The molecule has 49 heavy (non-hydrogen) atoms. The zero-order valence-electron chi connectivity index (χ0n) is 28.1. The highest BCUT2D eigenvalue weighted by Gasteiger charge is 2.50. The molecule has 3 aromatic carbocycles. The third kappa shape index (κ3) is 6.44. The molecule has 11 heteroatoms. The molecule has 1 spiro atoms. The van der Waals surface area contributed by atoms with Crippen LogP contribution in [0.2, 0.25) is 0 Å². The topological polar surface area (TPSA) is 108 Å². The predicted octanol–water partition coefficient (Wildman–Crippen LogP) is 3.95. The first kappa shape index (κ1) is 32.6. The number of amides is 3. The summed E-state index contributed by atoms with van der Waals surface area (Å²) in [6.45, 7) is 5.40. The Kier molecular flexibility index (Phi) is 8.98. The first-order valence-corrected chi connectivity index (χ1v) is 16.6. The highest BCUT2D eigenvalue weighted by molar-refractivity contribution is 6.04. The van der Waals surface area contributed by atoms with Gasteiger partial charge in [-0.05, 0) is 71.8 Å². The highest BCUT2D eigenvalue weighted by atomic mass is 16.5. The van der Waals surface area contributed by atoms with Crippen molar-refractivity contribution in [2.24, 2.45) is 0 Å². The summed E-state index contributed by atoms with van der Waals surface area (Å²) < 4.78 is 13.2. The number of methoxy groups -OCH3 is 1. The molecule has 0 unspecified atom stereocenters. The van der Waals surface area contributed by atoms with Crippen molar-refractivity contribution in [1.29, 1.82) is 0 Å². The van der Waals surface area contributed by atoms with E-state index in [-0.39, 0.29) is 29.4 Å². The second kappa shape index (κ2) is 13.5. The van der Waals surface area contributed by atoms with Gasteiger partial charge in [-0.15, -0.1) is 0 Å². The number of fused-ring (bicyclic) bond motifs is 2. The molecular formula is C38H42N6O5. The molecule has 4 heterocycles. The fraction of sp³-hybridized carbons (Fsp3) is 0.342. The summed E-state index contributed by atoms with van der Waals surface area (Å²) in [5, 5.41) is 6.03. The largest absolute Gasteiger partial charge is 0.378 e. The minimum Gasteiger partial charge on any atom is -0.378 e. The van der Waals surface area contributed by atoms with Crippen molar-refractivity contribution in [1.82, 2.24) is 19.7 Å². The lowest BCUT2D eigenvalue weighted by Gasteiger charge is -2.53. The molecule has 0 bridgehead atoms. The van der Waals surface area contributed by atoms with Crippen LogP contribution in [0.15, 0.2) is 84.9 Å². The SMILES string of the molecule is COC1CN(c2ccc(C(=O)Nc3ccc(CNC(=O)c4ccc5n4CCN(Cc4ccc(C(=O)N(C)C)cc4)C54COC4)cc3)cc2)C1. The van der Waals surface area contributed by atoms with E-state index in [1.807, 2.05) is 78.9 Å². The number of aromatic nitrogens is 1. The number of carbonyl (C=O) groups is 3. The van der Waals surface area contributed by atoms with E-state index >= 15 is 0 Å². The Labute approximate surface area is 286 Å². The van der Waals surface area contributed by atoms with Gasteiger partial charge in [0.2, 0.25) is 0 Å². The van der Waals surface area contributed by atoms with Gasteiger partial charge in [-0.25, -0.2) is 0 Å². The lowest BCUT2D eigenvalue weighted by atomic mass is 9.88. The molecule has 3 aliphatic heterocycles. The maximum atomic E-state index is 13.4. The third-order valence-electron chi connectivity index (χ3n) is 9.89. The maximum absolute atomic E-state index is 13.4. The summed E-state index contributed by atoms with van der Waals surface area (Å²) in [6.07, 6.45) is 0.269. The van der Waals surface area contributed by atoms with E-state index in [9.17, 15) is 14.4 Å². The molecule has 4 aromatic rings. The normalized spacial score (nSPS) is 16.8. The minimum absolute atomic E-state index is 0.0144. The van der Waals surface area contributed by atoms with Gasteiger partial charge in [0.25, 0.3) is 17.7 Å². The van der Waals surface area contributed by atoms with Gasteiger partial charge in [0.05, 0.1) is 19.3 Å². The fourth-order valence-electron chi connectivity index (χ4n) is 6.80. The molecule has 0 radical (unpaired) electrons. The van der Waals surface area contributed by atoms with Crippen LogP contribution in [0.25, 0.3) is 0 Å². The lowest BCUT2D eigenvalue weighted by Crippen LogP contribution is -2.63. The Bertz CT molecular complexity index is 1820. The monoisotopic (exact) mass is 662 g/mol. The summed E-state index contributed by atoms with van der Waals surface area (Å²) in [5.41, 5.74) is 6.51. The van der Waals surface area contributed by atoms with Gasteiger partial charge in [-0.1, -0.05) is 24.3 Å². The first-order valence-electron chi connectivity index (χ1n) is 16.6. The lowest BCUT2D eigenvalue weighted by molar-refractivity contribution is -0.162. The summed E-state index contributed by atoms with van der Waals surface area (Å²) in [7, 11) is 5.23. The van der Waals surface area contributed by atoms with Crippen LogP contribution in [0.3, 0.4) is 0 Å². The number of rotatable bonds is 10. The van der Waals surface area contributed by atoms with Gasteiger partial charge in [0, 0.05) is 88.7 Å². The first-order chi connectivity index (χ1) is 23.7. The van der Waals surface area contributed by atoms with E-state index in [0.717, 1.165) is 48.7 Å². The second-order valence-electron chi connectivity index (χ2n) is 13.2. The van der Waals surface area contributed by atoms with E-state index < -0.39 is 0 Å². The summed E-state index contributed by atoms with van der Waals surface area (Å²) >= 11 is 0. The average molecular weight is 663 g/mol. The van der Waals surface area contributed by atoms with Gasteiger partial charge in [-0.3, -0.25) is 19.3 Å². The predicted molar refractivity (Wildman–Crippen MR) is 187 cm³/mol. The van der Waals surface area contributed by atoms with Crippen LogP contribution in [-0.2, 0) is 34.6 Å². The molecule has 2 saturated heterocycles. The van der Waals surface area contributed by atoms with Crippen molar-refractivity contribution in [3.8, 4) is 0 Å². The number of nitrogens with one attached hydrogen (secondary N) is 2. The molecular weight excluding hydrogens is 620 g/mol. The molecule has 7 rings (SSSR count). The molecule has 2 fully saturated rings. The smallest absolute Gasteiger partial charge is 0.268 e. The average Bonchev–Trinajstić information content (AvgIpc) is 3.51.